The molecule has 1 N–H and O–H groups in total. The zero-order valence-corrected chi connectivity index (χ0v) is 13.6. The lowest BCUT2D eigenvalue weighted by atomic mass is 10.2. The van der Waals surface area contributed by atoms with Gasteiger partial charge >= 0.3 is 6.18 Å². The van der Waals surface area contributed by atoms with Crippen LogP contribution in [0, 0.1) is 0 Å². The predicted octanol–water partition coefficient (Wildman–Crippen LogP) is 4.39. The van der Waals surface area contributed by atoms with Crippen LogP contribution in [0.25, 0.3) is 11.4 Å². The van der Waals surface area contributed by atoms with Crippen molar-refractivity contribution in [3.8, 4) is 23.0 Å². The van der Waals surface area contributed by atoms with E-state index in [0.717, 1.165) is 12.1 Å². The third-order valence-corrected chi connectivity index (χ3v) is 3.51. The monoisotopic (exact) mass is 365 g/mol. The highest BCUT2D eigenvalue weighted by Crippen LogP contribution is 2.30. The molecular formula is C17H14F3N3O3. The van der Waals surface area contributed by atoms with Gasteiger partial charge in [-0.3, -0.25) is 0 Å². The number of halogens is 3. The first-order valence-corrected chi connectivity index (χ1v) is 7.70. The van der Waals surface area contributed by atoms with Gasteiger partial charge in [-0.2, -0.15) is 18.2 Å². The summed E-state index contributed by atoms with van der Waals surface area (Å²) in [7, 11) is 0. The second-order valence-corrected chi connectivity index (χ2v) is 5.39. The Morgan fingerprint density at radius 3 is 2.46 bits per heavy atom. The summed E-state index contributed by atoms with van der Waals surface area (Å²) in [5.41, 5.74) is -0.210. The van der Waals surface area contributed by atoms with E-state index in [1.807, 2.05) is 0 Å². The lowest BCUT2D eigenvalue weighted by Gasteiger charge is -2.08. The van der Waals surface area contributed by atoms with Crippen molar-refractivity contribution >= 4 is 0 Å². The summed E-state index contributed by atoms with van der Waals surface area (Å²) >= 11 is 0. The molecule has 0 saturated carbocycles. The summed E-state index contributed by atoms with van der Waals surface area (Å²) in [4.78, 5) is 7.75. The quantitative estimate of drug-likeness (QED) is 0.722. The summed E-state index contributed by atoms with van der Waals surface area (Å²) in [6.45, 7) is 1.79. The summed E-state index contributed by atoms with van der Waals surface area (Å²) in [5, 5.41) is 13.5. The Balaban J connectivity index is 1.71. The molecule has 9 heteroatoms. The SMILES string of the molecule is CCC(O)c1nc(-c2ccc(Oc3ccc(C(F)(F)F)cn3)cc2)no1. The van der Waals surface area contributed by atoms with Crippen molar-refractivity contribution in [1.82, 2.24) is 15.1 Å². The first-order valence-electron chi connectivity index (χ1n) is 7.70. The molecule has 6 nitrogen and oxygen atoms in total. The fourth-order valence-corrected chi connectivity index (χ4v) is 2.06. The molecule has 1 aromatic carbocycles. The number of ether oxygens (including phenoxy) is 1. The second kappa shape index (κ2) is 7.12. The molecule has 2 aromatic heterocycles. The number of hydrogen-bond acceptors (Lipinski definition) is 6. The van der Waals surface area contributed by atoms with Crippen LogP contribution in [-0.2, 0) is 6.18 Å². The lowest BCUT2D eigenvalue weighted by molar-refractivity contribution is -0.137. The maximum absolute atomic E-state index is 12.5. The van der Waals surface area contributed by atoms with Crippen LogP contribution in [-0.4, -0.2) is 20.2 Å². The molecule has 2 heterocycles. The van der Waals surface area contributed by atoms with Gasteiger partial charge in [-0.15, -0.1) is 0 Å². The van der Waals surface area contributed by atoms with Gasteiger partial charge in [-0.25, -0.2) is 4.98 Å². The van der Waals surface area contributed by atoms with E-state index in [2.05, 4.69) is 15.1 Å². The number of aliphatic hydroxyl groups is 1. The van der Waals surface area contributed by atoms with Gasteiger partial charge in [0.1, 0.15) is 11.9 Å². The number of pyridine rings is 1. The minimum absolute atomic E-state index is 0.0404. The molecule has 26 heavy (non-hydrogen) atoms. The fraction of sp³-hybridized carbons (Fsp3) is 0.235. The normalized spacial score (nSPS) is 12.8. The largest absolute Gasteiger partial charge is 0.439 e. The van der Waals surface area contributed by atoms with E-state index in [-0.39, 0.29) is 11.8 Å². The summed E-state index contributed by atoms with van der Waals surface area (Å²) in [5.74, 6) is 0.875. The molecule has 0 spiro atoms. The number of aromatic nitrogens is 3. The molecule has 3 rings (SSSR count). The molecule has 1 unspecified atom stereocenters. The van der Waals surface area contributed by atoms with Gasteiger partial charge in [0.05, 0.1) is 5.56 Å². The van der Waals surface area contributed by atoms with Crippen molar-refractivity contribution in [3.63, 3.8) is 0 Å². The van der Waals surface area contributed by atoms with Crippen LogP contribution < -0.4 is 4.74 Å². The molecule has 0 fully saturated rings. The third kappa shape index (κ3) is 3.99. The highest BCUT2D eigenvalue weighted by molar-refractivity contribution is 5.55. The molecule has 0 amide bonds. The van der Waals surface area contributed by atoms with Crippen LogP contribution in [0.3, 0.4) is 0 Å². The lowest BCUT2D eigenvalue weighted by Crippen LogP contribution is -2.05. The zero-order valence-electron chi connectivity index (χ0n) is 13.6. The summed E-state index contributed by atoms with van der Waals surface area (Å²) in [6.07, 6.45) is -4.09. The Kier molecular flexibility index (Phi) is 4.90. The van der Waals surface area contributed by atoms with Crippen molar-refractivity contribution in [2.24, 2.45) is 0 Å². The van der Waals surface area contributed by atoms with Crippen LogP contribution in [0.4, 0.5) is 13.2 Å². The van der Waals surface area contributed by atoms with Gasteiger partial charge in [0, 0.05) is 17.8 Å². The molecule has 136 valence electrons. The molecule has 0 aliphatic heterocycles. The second-order valence-electron chi connectivity index (χ2n) is 5.39. The first kappa shape index (κ1) is 17.9. The summed E-state index contributed by atoms with van der Waals surface area (Å²) < 4.78 is 47.9. The Morgan fingerprint density at radius 1 is 1.15 bits per heavy atom. The molecular weight excluding hydrogens is 351 g/mol. The Bertz CT molecular complexity index is 861. The van der Waals surface area contributed by atoms with Gasteiger partial charge in [0.2, 0.25) is 11.7 Å². The van der Waals surface area contributed by atoms with Gasteiger partial charge < -0.3 is 14.4 Å². The first-order chi connectivity index (χ1) is 12.4. The van der Waals surface area contributed by atoms with Crippen LogP contribution >= 0.6 is 0 Å². The number of alkyl halides is 3. The maximum Gasteiger partial charge on any atom is 0.417 e. The van der Waals surface area contributed by atoms with Crippen molar-refractivity contribution in [2.45, 2.75) is 25.6 Å². The van der Waals surface area contributed by atoms with Gasteiger partial charge in [0.15, 0.2) is 0 Å². The Labute approximate surface area is 146 Å². The maximum atomic E-state index is 12.5. The number of hydrogen-bond donors (Lipinski definition) is 1. The predicted molar refractivity (Wildman–Crippen MR) is 84.3 cm³/mol. The van der Waals surface area contributed by atoms with E-state index >= 15 is 0 Å². The molecule has 0 aliphatic rings. The van der Waals surface area contributed by atoms with E-state index < -0.39 is 17.8 Å². The molecule has 0 bridgehead atoms. The Hall–Kier alpha value is -2.94. The van der Waals surface area contributed by atoms with E-state index in [0.29, 0.717) is 29.8 Å². The van der Waals surface area contributed by atoms with E-state index in [4.69, 9.17) is 9.26 Å². The number of benzene rings is 1. The van der Waals surface area contributed by atoms with Gasteiger partial charge in [-0.05, 0) is 36.8 Å². The van der Waals surface area contributed by atoms with E-state index in [1.165, 1.54) is 0 Å². The minimum Gasteiger partial charge on any atom is -0.439 e. The number of rotatable bonds is 5. The van der Waals surface area contributed by atoms with Crippen molar-refractivity contribution in [2.75, 3.05) is 0 Å². The van der Waals surface area contributed by atoms with Crippen molar-refractivity contribution in [3.05, 3.63) is 54.0 Å². The molecule has 1 atom stereocenters. The average Bonchev–Trinajstić information content (AvgIpc) is 3.11. The molecule has 0 radical (unpaired) electrons. The average molecular weight is 365 g/mol. The minimum atomic E-state index is -4.44. The highest BCUT2D eigenvalue weighted by Gasteiger charge is 2.30. The van der Waals surface area contributed by atoms with Gasteiger partial charge in [-0.1, -0.05) is 12.1 Å². The highest BCUT2D eigenvalue weighted by atomic mass is 19.4. The standard InChI is InChI=1S/C17H14F3N3O3/c1-2-13(24)16-22-15(23-26-16)10-3-6-12(7-4-10)25-14-8-5-11(9-21-14)17(18,19)20/h3-9,13,24H,2H2,1H3. The zero-order chi connectivity index (χ0) is 18.7. The van der Waals surface area contributed by atoms with Crippen LogP contribution in [0.1, 0.15) is 30.9 Å². The van der Waals surface area contributed by atoms with E-state index in [9.17, 15) is 18.3 Å². The van der Waals surface area contributed by atoms with E-state index in [1.54, 1.807) is 31.2 Å². The van der Waals surface area contributed by atoms with Crippen LogP contribution in [0.5, 0.6) is 11.6 Å². The van der Waals surface area contributed by atoms with Gasteiger partial charge in [0.25, 0.3) is 5.89 Å². The Morgan fingerprint density at radius 2 is 1.88 bits per heavy atom. The van der Waals surface area contributed by atoms with Crippen molar-refractivity contribution < 1.29 is 27.5 Å². The molecule has 0 saturated heterocycles. The number of nitrogens with zero attached hydrogens (tertiary/aromatic N) is 3. The molecule has 0 aliphatic carbocycles. The number of aliphatic hydroxyl groups excluding tert-OH is 1. The topological polar surface area (TPSA) is 81.3 Å². The van der Waals surface area contributed by atoms with Crippen LogP contribution in [0.15, 0.2) is 47.1 Å². The van der Waals surface area contributed by atoms with Crippen LogP contribution in [0.2, 0.25) is 0 Å². The third-order valence-electron chi connectivity index (χ3n) is 3.51. The van der Waals surface area contributed by atoms with Crippen molar-refractivity contribution in [1.29, 1.82) is 0 Å². The smallest absolute Gasteiger partial charge is 0.417 e. The molecule has 3 aromatic rings. The summed E-state index contributed by atoms with van der Waals surface area (Å²) in [6, 6.07) is 8.56. The fourth-order valence-electron chi connectivity index (χ4n) is 2.06.